The highest BCUT2D eigenvalue weighted by Crippen LogP contribution is 2.35. The molecule has 0 bridgehead atoms. The average molecular weight is 270 g/mol. The second kappa shape index (κ2) is 3.85. The molecule has 0 saturated carbocycles. The third kappa shape index (κ3) is 1.74. The van der Waals surface area contributed by atoms with Gasteiger partial charge in [-0.15, -0.1) is 0 Å². The Bertz CT molecular complexity index is 406. The molecule has 0 aromatic heterocycles. The van der Waals surface area contributed by atoms with Crippen molar-refractivity contribution in [1.82, 2.24) is 0 Å². The number of halogens is 1. The standard InChI is InChI=1S/C11H12BrNO2/c1-3-9-11(14)13(2)8-5-4-7(12)6-10(8)15-9/h4-6,9H,3H2,1-2H3. The second-order valence-electron chi connectivity index (χ2n) is 3.52. The first-order valence-corrected chi connectivity index (χ1v) is 5.66. The zero-order valence-electron chi connectivity index (χ0n) is 8.66. The van der Waals surface area contributed by atoms with Crippen molar-refractivity contribution in [1.29, 1.82) is 0 Å². The number of ether oxygens (including phenoxy) is 1. The first-order chi connectivity index (χ1) is 7.13. The van der Waals surface area contributed by atoms with Gasteiger partial charge < -0.3 is 9.64 Å². The third-order valence-electron chi connectivity index (χ3n) is 2.53. The van der Waals surface area contributed by atoms with E-state index in [0.717, 1.165) is 15.9 Å². The Morgan fingerprint density at radius 1 is 1.53 bits per heavy atom. The number of fused-ring (bicyclic) bond motifs is 1. The summed E-state index contributed by atoms with van der Waals surface area (Å²) in [6, 6.07) is 5.67. The minimum Gasteiger partial charge on any atom is -0.478 e. The maximum absolute atomic E-state index is 11.8. The molecule has 1 aromatic rings. The lowest BCUT2D eigenvalue weighted by Gasteiger charge is -2.31. The molecule has 1 aliphatic heterocycles. The number of carbonyl (C=O) groups excluding carboxylic acids is 1. The molecule has 80 valence electrons. The van der Waals surface area contributed by atoms with E-state index in [2.05, 4.69) is 15.9 Å². The van der Waals surface area contributed by atoms with Crippen LogP contribution in [0.15, 0.2) is 22.7 Å². The van der Waals surface area contributed by atoms with E-state index in [1.165, 1.54) is 0 Å². The molecule has 1 unspecified atom stereocenters. The van der Waals surface area contributed by atoms with Crippen LogP contribution in [0, 0.1) is 0 Å². The number of benzene rings is 1. The first-order valence-electron chi connectivity index (χ1n) is 4.87. The number of hydrogen-bond donors (Lipinski definition) is 0. The number of nitrogens with zero attached hydrogens (tertiary/aromatic N) is 1. The number of anilines is 1. The van der Waals surface area contributed by atoms with E-state index in [1.807, 2.05) is 25.1 Å². The number of likely N-dealkylation sites (N-methyl/N-ethyl adjacent to an activating group) is 1. The number of rotatable bonds is 1. The van der Waals surface area contributed by atoms with Gasteiger partial charge in [0.2, 0.25) is 0 Å². The molecule has 0 aliphatic carbocycles. The molecular formula is C11H12BrNO2. The van der Waals surface area contributed by atoms with Crippen LogP contribution in [0.4, 0.5) is 5.69 Å². The third-order valence-corrected chi connectivity index (χ3v) is 3.02. The minimum atomic E-state index is -0.350. The van der Waals surface area contributed by atoms with Crippen LogP contribution in [0.1, 0.15) is 13.3 Å². The van der Waals surface area contributed by atoms with Crippen LogP contribution in [-0.4, -0.2) is 19.1 Å². The summed E-state index contributed by atoms with van der Waals surface area (Å²) >= 11 is 3.38. The lowest BCUT2D eigenvalue weighted by atomic mass is 10.1. The van der Waals surface area contributed by atoms with Crippen LogP contribution in [0.2, 0.25) is 0 Å². The first kappa shape index (κ1) is 10.5. The van der Waals surface area contributed by atoms with Crippen molar-refractivity contribution in [2.45, 2.75) is 19.4 Å². The van der Waals surface area contributed by atoms with Gasteiger partial charge in [0.1, 0.15) is 5.75 Å². The smallest absolute Gasteiger partial charge is 0.267 e. The van der Waals surface area contributed by atoms with Gasteiger partial charge in [-0.25, -0.2) is 0 Å². The fourth-order valence-electron chi connectivity index (χ4n) is 1.66. The van der Waals surface area contributed by atoms with Gasteiger partial charge in [-0.3, -0.25) is 4.79 Å². The van der Waals surface area contributed by atoms with Crippen LogP contribution >= 0.6 is 15.9 Å². The van der Waals surface area contributed by atoms with Gasteiger partial charge in [0.25, 0.3) is 5.91 Å². The van der Waals surface area contributed by atoms with E-state index in [0.29, 0.717) is 6.42 Å². The minimum absolute atomic E-state index is 0.0207. The van der Waals surface area contributed by atoms with Gasteiger partial charge in [0.15, 0.2) is 6.10 Å². The van der Waals surface area contributed by atoms with Crippen molar-refractivity contribution in [3.8, 4) is 5.75 Å². The molecule has 0 fully saturated rings. The number of amides is 1. The zero-order chi connectivity index (χ0) is 11.0. The van der Waals surface area contributed by atoms with E-state index in [1.54, 1.807) is 11.9 Å². The zero-order valence-corrected chi connectivity index (χ0v) is 10.2. The van der Waals surface area contributed by atoms with Crippen molar-refractivity contribution in [2.24, 2.45) is 0 Å². The lowest BCUT2D eigenvalue weighted by Crippen LogP contribution is -2.43. The topological polar surface area (TPSA) is 29.5 Å². The summed E-state index contributed by atoms with van der Waals surface area (Å²) in [6.07, 6.45) is 0.339. The van der Waals surface area contributed by atoms with Crippen LogP contribution in [0.25, 0.3) is 0 Å². The molecule has 1 atom stereocenters. The summed E-state index contributed by atoms with van der Waals surface area (Å²) in [5.74, 6) is 0.783. The molecule has 2 rings (SSSR count). The summed E-state index contributed by atoms with van der Waals surface area (Å²) in [5, 5.41) is 0. The van der Waals surface area contributed by atoms with Crippen LogP contribution in [0.5, 0.6) is 5.75 Å². The summed E-state index contributed by atoms with van der Waals surface area (Å²) < 4.78 is 6.58. The van der Waals surface area contributed by atoms with E-state index in [4.69, 9.17) is 4.74 Å². The summed E-state index contributed by atoms with van der Waals surface area (Å²) in [6.45, 7) is 1.94. The number of hydrogen-bond acceptors (Lipinski definition) is 2. The maximum atomic E-state index is 11.8. The Morgan fingerprint density at radius 2 is 2.27 bits per heavy atom. The Balaban J connectivity index is 2.45. The SMILES string of the molecule is CCC1Oc2cc(Br)ccc2N(C)C1=O. The average Bonchev–Trinajstić information content (AvgIpc) is 2.23. The lowest BCUT2D eigenvalue weighted by molar-refractivity contribution is -0.126. The second-order valence-corrected chi connectivity index (χ2v) is 4.44. The quantitative estimate of drug-likeness (QED) is 0.785. The normalized spacial score (nSPS) is 19.8. The van der Waals surface area contributed by atoms with E-state index in [9.17, 15) is 4.79 Å². The predicted molar refractivity (Wildman–Crippen MR) is 62.3 cm³/mol. The molecule has 0 radical (unpaired) electrons. The van der Waals surface area contributed by atoms with E-state index < -0.39 is 0 Å². The molecule has 0 saturated heterocycles. The van der Waals surface area contributed by atoms with Crippen molar-refractivity contribution < 1.29 is 9.53 Å². The molecule has 3 nitrogen and oxygen atoms in total. The maximum Gasteiger partial charge on any atom is 0.267 e. The predicted octanol–water partition coefficient (Wildman–Crippen LogP) is 2.58. The Morgan fingerprint density at radius 3 is 2.93 bits per heavy atom. The number of carbonyl (C=O) groups is 1. The Hall–Kier alpha value is -1.03. The highest BCUT2D eigenvalue weighted by molar-refractivity contribution is 9.10. The summed E-state index contributed by atoms with van der Waals surface area (Å²) in [4.78, 5) is 13.4. The summed E-state index contributed by atoms with van der Waals surface area (Å²) in [7, 11) is 1.78. The van der Waals surface area contributed by atoms with E-state index in [-0.39, 0.29) is 12.0 Å². The molecule has 0 N–H and O–H groups in total. The fourth-order valence-corrected chi connectivity index (χ4v) is 2.00. The molecule has 1 heterocycles. The van der Waals surface area contributed by atoms with Gasteiger partial charge >= 0.3 is 0 Å². The van der Waals surface area contributed by atoms with Gasteiger partial charge in [0.05, 0.1) is 5.69 Å². The molecule has 15 heavy (non-hydrogen) atoms. The van der Waals surface area contributed by atoms with Gasteiger partial charge in [-0.1, -0.05) is 22.9 Å². The van der Waals surface area contributed by atoms with Gasteiger partial charge in [-0.05, 0) is 24.6 Å². The van der Waals surface area contributed by atoms with Gasteiger partial charge in [-0.2, -0.15) is 0 Å². The van der Waals surface area contributed by atoms with Crippen LogP contribution < -0.4 is 9.64 Å². The van der Waals surface area contributed by atoms with Crippen molar-refractivity contribution >= 4 is 27.5 Å². The largest absolute Gasteiger partial charge is 0.478 e. The molecule has 1 aliphatic rings. The molecule has 1 aromatic carbocycles. The monoisotopic (exact) mass is 269 g/mol. The van der Waals surface area contributed by atoms with Crippen molar-refractivity contribution in [3.05, 3.63) is 22.7 Å². The fraction of sp³-hybridized carbons (Fsp3) is 0.364. The van der Waals surface area contributed by atoms with Crippen LogP contribution in [-0.2, 0) is 4.79 Å². The van der Waals surface area contributed by atoms with Crippen LogP contribution in [0.3, 0.4) is 0 Å². The highest BCUT2D eigenvalue weighted by atomic mass is 79.9. The Labute approximate surface area is 97.2 Å². The molecular weight excluding hydrogens is 258 g/mol. The molecule has 0 spiro atoms. The van der Waals surface area contributed by atoms with E-state index >= 15 is 0 Å². The van der Waals surface area contributed by atoms with Crippen molar-refractivity contribution in [2.75, 3.05) is 11.9 Å². The molecule has 4 heteroatoms. The van der Waals surface area contributed by atoms with Gasteiger partial charge in [0, 0.05) is 11.5 Å². The molecule has 1 amide bonds. The summed E-state index contributed by atoms with van der Waals surface area (Å²) in [5.41, 5.74) is 0.827. The van der Waals surface area contributed by atoms with Crippen molar-refractivity contribution in [3.63, 3.8) is 0 Å². The Kier molecular flexibility index (Phi) is 2.69. The highest BCUT2D eigenvalue weighted by Gasteiger charge is 2.30.